The first kappa shape index (κ1) is 19.3. The SMILES string of the molecule is Nc1cc(-c2cccc(Cl)c2)nn1-c1ccc(C(=O)Nc2ccc3ncsc3c2)cc1. The van der Waals surface area contributed by atoms with E-state index in [1.807, 2.05) is 54.6 Å². The molecule has 5 rings (SSSR count). The lowest BCUT2D eigenvalue weighted by atomic mass is 10.1. The van der Waals surface area contributed by atoms with Crippen molar-refractivity contribution in [2.75, 3.05) is 11.1 Å². The minimum absolute atomic E-state index is 0.191. The maximum absolute atomic E-state index is 12.6. The summed E-state index contributed by atoms with van der Waals surface area (Å²) in [5.74, 6) is 0.300. The number of nitrogen functional groups attached to an aromatic ring is 1. The number of carbonyl (C=O) groups is 1. The zero-order valence-electron chi connectivity index (χ0n) is 16.1. The summed E-state index contributed by atoms with van der Waals surface area (Å²) < 4.78 is 2.66. The standard InChI is InChI=1S/C23H16ClN5OS/c24-16-3-1-2-15(10-16)20-12-22(25)29(28-20)18-7-4-14(5-8-18)23(30)27-17-6-9-19-21(11-17)31-13-26-19/h1-13H,25H2,(H,27,30). The molecule has 152 valence electrons. The second-order valence-electron chi connectivity index (χ2n) is 6.91. The van der Waals surface area contributed by atoms with Crippen molar-refractivity contribution >= 4 is 50.6 Å². The van der Waals surface area contributed by atoms with Crippen LogP contribution >= 0.6 is 22.9 Å². The molecule has 0 aliphatic carbocycles. The summed E-state index contributed by atoms with van der Waals surface area (Å²) in [7, 11) is 0. The lowest BCUT2D eigenvalue weighted by molar-refractivity contribution is 0.102. The lowest BCUT2D eigenvalue weighted by Crippen LogP contribution is -2.12. The Morgan fingerprint density at radius 3 is 2.68 bits per heavy atom. The van der Waals surface area contributed by atoms with Gasteiger partial charge in [-0.25, -0.2) is 9.67 Å². The van der Waals surface area contributed by atoms with Crippen LogP contribution < -0.4 is 11.1 Å². The number of halogens is 1. The van der Waals surface area contributed by atoms with Crippen molar-refractivity contribution in [3.8, 4) is 16.9 Å². The zero-order valence-corrected chi connectivity index (χ0v) is 17.7. The molecular formula is C23H16ClN5OS. The quantitative estimate of drug-likeness (QED) is 0.375. The summed E-state index contributed by atoms with van der Waals surface area (Å²) in [6.07, 6.45) is 0. The fourth-order valence-electron chi connectivity index (χ4n) is 3.28. The molecule has 0 spiro atoms. The molecule has 0 saturated carbocycles. The molecule has 3 N–H and O–H groups in total. The van der Waals surface area contributed by atoms with Crippen molar-refractivity contribution in [3.05, 3.63) is 88.9 Å². The minimum atomic E-state index is -0.191. The van der Waals surface area contributed by atoms with Gasteiger partial charge >= 0.3 is 0 Å². The fourth-order valence-corrected chi connectivity index (χ4v) is 4.19. The second kappa shape index (κ2) is 7.86. The summed E-state index contributed by atoms with van der Waals surface area (Å²) >= 11 is 7.62. The first-order valence-electron chi connectivity index (χ1n) is 9.43. The number of fused-ring (bicyclic) bond motifs is 1. The molecular weight excluding hydrogens is 430 g/mol. The number of hydrogen-bond acceptors (Lipinski definition) is 5. The van der Waals surface area contributed by atoms with E-state index >= 15 is 0 Å². The smallest absolute Gasteiger partial charge is 0.255 e. The molecule has 5 aromatic rings. The highest BCUT2D eigenvalue weighted by Gasteiger charge is 2.11. The number of benzene rings is 3. The Kier molecular flexibility index (Phi) is 4.89. The van der Waals surface area contributed by atoms with Crippen LogP contribution in [0.25, 0.3) is 27.2 Å². The van der Waals surface area contributed by atoms with Gasteiger partial charge in [-0.3, -0.25) is 4.79 Å². The van der Waals surface area contributed by atoms with E-state index < -0.39 is 0 Å². The molecule has 3 aromatic carbocycles. The summed E-state index contributed by atoms with van der Waals surface area (Å²) in [6.45, 7) is 0. The molecule has 0 atom stereocenters. The Bertz CT molecular complexity index is 1410. The van der Waals surface area contributed by atoms with E-state index in [9.17, 15) is 4.79 Å². The summed E-state index contributed by atoms with van der Waals surface area (Å²) in [5.41, 5.74) is 12.5. The van der Waals surface area contributed by atoms with Crippen LogP contribution in [0.3, 0.4) is 0 Å². The second-order valence-corrected chi connectivity index (χ2v) is 8.24. The fraction of sp³-hybridized carbons (Fsp3) is 0. The first-order valence-corrected chi connectivity index (χ1v) is 10.7. The van der Waals surface area contributed by atoms with Gasteiger partial charge in [0, 0.05) is 27.9 Å². The van der Waals surface area contributed by atoms with Crippen LogP contribution in [0.5, 0.6) is 0 Å². The van der Waals surface area contributed by atoms with Crippen molar-refractivity contribution in [2.24, 2.45) is 0 Å². The number of aromatic nitrogens is 3. The number of amides is 1. The largest absolute Gasteiger partial charge is 0.384 e. The number of hydrogen-bond donors (Lipinski definition) is 2. The van der Waals surface area contributed by atoms with Gasteiger partial charge in [-0.2, -0.15) is 5.10 Å². The van der Waals surface area contributed by atoms with E-state index in [-0.39, 0.29) is 5.91 Å². The van der Waals surface area contributed by atoms with Crippen molar-refractivity contribution in [1.29, 1.82) is 0 Å². The lowest BCUT2D eigenvalue weighted by Gasteiger charge is -2.07. The topological polar surface area (TPSA) is 85.8 Å². The van der Waals surface area contributed by atoms with Gasteiger partial charge in [0.1, 0.15) is 5.82 Å². The molecule has 8 heteroatoms. The molecule has 0 fully saturated rings. The molecule has 0 bridgehead atoms. The Hall–Kier alpha value is -3.68. The minimum Gasteiger partial charge on any atom is -0.384 e. The predicted molar refractivity (Wildman–Crippen MR) is 126 cm³/mol. The van der Waals surface area contributed by atoms with Gasteiger partial charge in [0.25, 0.3) is 5.91 Å². The van der Waals surface area contributed by atoms with Crippen molar-refractivity contribution in [2.45, 2.75) is 0 Å². The van der Waals surface area contributed by atoms with Crippen LogP contribution in [0.15, 0.2) is 78.3 Å². The molecule has 0 aliphatic heterocycles. The number of anilines is 2. The van der Waals surface area contributed by atoms with Gasteiger partial charge in [-0.1, -0.05) is 23.7 Å². The van der Waals surface area contributed by atoms with Gasteiger partial charge in [0.2, 0.25) is 0 Å². The third-order valence-electron chi connectivity index (χ3n) is 4.82. The first-order chi connectivity index (χ1) is 15.1. The average Bonchev–Trinajstić information content (AvgIpc) is 3.40. The van der Waals surface area contributed by atoms with Crippen molar-refractivity contribution < 1.29 is 4.79 Å². The van der Waals surface area contributed by atoms with E-state index in [2.05, 4.69) is 15.4 Å². The number of thiazole rings is 1. The van der Waals surface area contributed by atoms with Crippen molar-refractivity contribution in [1.82, 2.24) is 14.8 Å². The van der Waals surface area contributed by atoms with Crippen LogP contribution in [0.2, 0.25) is 5.02 Å². The number of rotatable bonds is 4. The monoisotopic (exact) mass is 445 g/mol. The Morgan fingerprint density at radius 1 is 1.03 bits per heavy atom. The van der Waals surface area contributed by atoms with Crippen LogP contribution in [0.1, 0.15) is 10.4 Å². The van der Waals surface area contributed by atoms with Gasteiger partial charge in [0.05, 0.1) is 27.1 Å². The molecule has 0 unspecified atom stereocenters. The Morgan fingerprint density at radius 2 is 1.87 bits per heavy atom. The summed E-state index contributed by atoms with van der Waals surface area (Å²) in [6, 6.07) is 22.0. The number of nitrogens with zero attached hydrogens (tertiary/aromatic N) is 3. The number of carbonyl (C=O) groups excluding carboxylic acids is 1. The highest BCUT2D eigenvalue weighted by atomic mass is 35.5. The van der Waals surface area contributed by atoms with Gasteiger partial charge < -0.3 is 11.1 Å². The molecule has 0 aliphatic rings. The Labute approximate surface area is 186 Å². The van der Waals surface area contributed by atoms with Crippen LogP contribution in [-0.2, 0) is 0 Å². The number of nitrogens with two attached hydrogens (primary N) is 1. The maximum atomic E-state index is 12.6. The van der Waals surface area contributed by atoms with Gasteiger partial charge in [0.15, 0.2) is 0 Å². The van der Waals surface area contributed by atoms with Gasteiger partial charge in [-0.05, 0) is 54.6 Å². The summed E-state index contributed by atoms with van der Waals surface area (Å²) in [4.78, 5) is 16.9. The number of nitrogens with one attached hydrogen (secondary N) is 1. The highest BCUT2D eigenvalue weighted by molar-refractivity contribution is 7.16. The van der Waals surface area contributed by atoms with E-state index in [1.165, 1.54) is 11.3 Å². The molecule has 2 heterocycles. The maximum Gasteiger partial charge on any atom is 0.255 e. The van der Waals surface area contributed by atoms with E-state index in [1.54, 1.807) is 28.4 Å². The summed E-state index contributed by atoms with van der Waals surface area (Å²) in [5, 5.41) is 8.14. The molecule has 2 aromatic heterocycles. The average molecular weight is 446 g/mol. The highest BCUT2D eigenvalue weighted by Crippen LogP contribution is 2.26. The van der Waals surface area contributed by atoms with Gasteiger partial charge in [-0.15, -0.1) is 11.3 Å². The van der Waals surface area contributed by atoms with Crippen LogP contribution in [0, 0.1) is 0 Å². The third-order valence-corrected chi connectivity index (χ3v) is 5.85. The normalized spacial score (nSPS) is 11.0. The van der Waals surface area contributed by atoms with E-state index in [4.69, 9.17) is 17.3 Å². The predicted octanol–water partition coefficient (Wildman–Crippen LogP) is 5.64. The molecule has 31 heavy (non-hydrogen) atoms. The Balaban J connectivity index is 1.36. The zero-order chi connectivity index (χ0) is 21.4. The molecule has 1 amide bonds. The van der Waals surface area contributed by atoms with E-state index in [0.29, 0.717) is 16.4 Å². The van der Waals surface area contributed by atoms with Crippen LogP contribution in [-0.4, -0.2) is 20.7 Å². The van der Waals surface area contributed by atoms with Crippen molar-refractivity contribution in [3.63, 3.8) is 0 Å². The van der Waals surface area contributed by atoms with Crippen LogP contribution in [0.4, 0.5) is 11.5 Å². The molecule has 0 radical (unpaired) electrons. The third kappa shape index (κ3) is 3.88. The van der Waals surface area contributed by atoms with E-state index in [0.717, 1.165) is 32.8 Å². The molecule has 0 saturated heterocycles. The molecule has 6 nitrogen and oxygen atoms in total.